The first-order chi connectivity index (χ1) is 15.5. The fourth-order valence-corrected chi connectivity index (χ4v) is 4.16. The van der Waals surface area contributed by atoms with E-state index in [0.717, 1.165) is 6.42 Å². The van der Waals surface area contributed by atoms with Crippen LogP contribution in [0, 0.1) is 33.8 Å². The average molecular weight is 567 g/mol. The van der Waals surface area contributed by atoms with Crippen LogP contribution in [0.2, 0.25) is 0 Å². The van der Waals surface area contributed by atoms with Crippen LogP contribution in [0.15, 0.2) is 36.4 Å². The minimum absolute atomic E-state index is 0. The molecule has 0 unspecified atom stereocenters. The molecule has 3 aromatic rings. The Morgan fingerprint density at radius 3 is 1.69 bits per heavy atom. The van der Waals surface area contributed by atoms with Crippen LogP contribution in [0.4, 0.5) is 0 Å². The molecule has 0 saturated heterocycles. The fraction of sp³-hybridized carbons (Fsp3) is 0.455. The second-order valence-corrected chi connectivity index (χ2v) is 14.5. The zero-order valence-corrected chi connectivity index (χ0v) is 27.3. The van der Waals surface area contributed by atoms with Crippen molar-refractivity contribution in [1.29, 1.82) is 0 Å². The van der Waals surface area contributed by atoms with Crippen LogP contribution in [-0.4, -0.2) is 3.21 Å². The molecule has 0 atom stereocenters. The Bertz CT molecular complexity index is 1080. The van der Waals surface area contributed by atoms with Crippen molar-refractivity contribution in [3.63, 3.8) is 0 Å². The third-order valence-electron chi connectivity index (χ3n) is 6.64. The summed E-state index contributed by atoms with van der Waals surface area (Å²) in [6.45, 7) is 26.5. The third kappa shape index (κ3) is 8.43. The minimum Gasteiger partial charge on any atom is -1.00 e. The molecule has 4 rings (SSSR count). The van der Waals surface area contributed by atoms with Gasteiger partial charge in [-0.2, -0.15) is 52.1 Å². The zero-order chi connectivity index (χ0) is 26.0. The molecule has 0 amide bonds. The van der Waals surface area contributed by atoms with Crippen LogP contribution >= 0.6 is 0 Å². The molecule has 0 bridgehead atoms. The van der Waals surface area contributed by atoms with Gasteiger partial charge < -0.3 is 12.4 Å². The van der Waals surface area contributed by atoms with Crippen molar-refractivity contribution < 1.29 is 36.6 Å². The number of fused-ring (bicyclic) bond motifs is 3. The summed E-state index contributed by atoms with van der Waals surface area (Å²) < 4.78 is 1.51. The summed E-state index contributed by atoms with van der Waals surface area (Å²) in [6.07, 6.45) is 1.03. The topological polar surface area (TPSA) is 0 Å². The summed E-state index contributed by atoms with van der Waals surface area (Å²) in [7, 11) is 0. The van der Waals surface area contributed by atoms with Crippen molar-refractivity contribution in [2.75, 3.05) is 0 Å². The maximum atomic E-state index is 3.67. The van der Waals surface area contributed by atoms with Gasteiger partial charge in [-0.05, 0) is 28.4 Å². The SMILES string of the molecule is CC(C)(C)c1[c-]c2c(cc1)-c1ccc(C(C)(C)C)cc1C2.C[C](C)=[Zr].Cc1[cH-]c(C)c(C)c1C.[Cl-]. The van der Waals surface area contributed by atoms with E-state index in [1.165, 1.54) is 58.8 Å². The molecule has 2 heteroatoms. The quantitative estimate of drug-likeness (QED) is 0.228. The third-order valence-corrected chi connectivity index (χ3v) is 6.64. The molecule has 0 aliphatic heterocycles. The van der Waals surface area contributed by atoms with E-state index in [2.05, 4.69) is 126 Å². The Hall–Kier alpha value is -1.17. The predicted molar refractivity (Wildman–Crippen MR) is 148 cm³/mol. The predicted octanol–water partition coefficient (Wildman–Crippen LogP) is 6.04. The normalized spacial score (nSPS) is 11.7. The molecular weight excluding hydrogens is 523 g/mol. The van der Waals surface area contributed by atoms with Gasteiger partial charge in [0, 0.05) is 0 Å². The molecule has 1 aliphatic carbocycles. The summed E-state index contributed by atoms with van der Waals surface area (Å²) in [5.41, 5.74) is 14.5. The Balaban J connectivity index is 0.000000365. The molecule has 190 valence electrons. The number of halogens is 1. The summed E-state index contributed by atoms with van der Waals surface area (Å²) in [4.78, 5) is 0. The van der Waals surface area contributed by atoms with Crippen molar-refractivity contribution in [1.82, 2.24) is 0 Å². The molecule has 35 heavy (non-hydrogen) atoms. The van der Waals surface area contributed by atoms with Gasteiger partial charge in [0.05, 0.1) is 0 Å². The van der Waals surface area contributed by atoms with Crippen LogP contribution in [-0.2, 0) is 41.5 Å². The standard InChI is InChI=1S/C21H25.C9H13.C3H6.ClH.Zr/c1-20(2,3)16-7-9-18-14(12-16)11-15-13-17(21(4,5)6)8-10-19(15)18;1-6-5-7(2)9(4)8(6)3;1-3-2;;/h7-10,12H,11H2,1-6H3;5H,1-4H3;1-2H3;1H;/q2*-1;;;/p-1. The van der Waals surface area contributed by atoms with Gasteiger partial charge in [0.1, 0.15) is 0 Å². The Kier molecular flexibility index (Phi) is 11.3. The van der Waals surface area contributed by atoms with Gasteiger partial charge in [0.2, 0.25) is 0 Å². The minimum atomic E-state index is 0. The van der Waals surface area contributed by atoms with E-state index in [0.29, 0.717) is 0 Å². The van der Waals surface area contributed by atoms with Crippen LogP contribution in [0.25, 0.3) is 11.1 Å². The average Bonchev–Trinajstić information content (AvgIpc) is 3.18. The number of benzene rings is 2. The first kappa shape index (κ1) is 31.9. The van der Waals surface area contributed by atoms with E-state index >= 15 is 0 Å². The molecule has 0 saturated carbocycles. The van der Waals surface area contributed by atoms with Crippen molar-refractivity contribution in [3.05, 3.63) is 87.0 Å². The van der Waals surface area contributed by atoms with Crippen LogP contribution in [0.5, 0.6) is 0 Å². The molecule has 3 aromatic carbocycles. The summed E-state index contributed by atoms with van der Waals surface area (Å²) in [5.74, 6) is 0. The molecular formula is C33H44ClZr-3. The van der Waals surface area contributed by atoms with Crippen molar-refractivity contribution in [2.24, 2.45) is 0 Å². The van der Waals surface area contributed by atoms with Gasteiger partial charge in [0.15, 0.2) is 0 Å². The number of rotatable bonds is 0. The number of aryl methyl sites for hydroxylation is 2. The molecule has 0 nitrogen and oxygen atoms in total. The van der Waals surface area contributed by atoms with Crippen molar-refractivity contribution >= 4 is 3.21 Å². The first-order valence-electron chi connectivity index (χ1n) is 12.4. The molecule has 0 radical (unpaired) electrons. The van der Waals surface area contributed by atoms with Crippen molar-refractivity contribution in [3.8, 4) is 11.1 Å². The van der Waals surface area contributed by atoms with Gasteiger partial charge in [0.25, 0.3) is 0 Å². The van der Waals surface area contributed by atoms with Crippen LogP contribution < -0.4 is 12.4 Å². The van der Waals surface area contributed by atoms with Gasteiger partial charge in [-0.25, -0.2) is 0 Å². The largest absolute Gasteiger partial charge is 1.00 e. The summed E-state index contributed by atoms with van der Waals surface area (Å²) >= 11 is 1.55. The van der Waals surface area contributed by atoms with Crippen LogP contribution in [0.3, 0.4) is 0 Å². The van der Waals surface area contributed by atoms with Gasteiger partial charge in [-0.3, -0.25) is 0 Å². The van der Waals surface area contributed by atoms with E-state index in [9.17, 15) is 0 Å². The molecule has 0 aromatic heterocycles. The monoisotopic (exact) mass is 565 g/mol. The van der Waals surface area contributed by atoms with E-state index in [1.807, 2.05) is 0 Å². The smallest absolute Gasteiger partial charge is 0.0632 e. The number of hydrogen-bond acceptors (Lipinski definition) is 0. The van der Waals surface area contributed by atoms with Crippen molar-refractivity contribution in [2.45, 2.75) is 100 Å². The number of hydrogen-bond donors (Lipinski definition) is 0. The summed E-state index contributed by atoms with van der Waals surface area (Å²) in [6, 6.07) is 17.4. The molecule has 0 spiro atoms. The van der Waals surface area contributed by atoms with Gasteiger partial charge in [-0.15, -0.1) is 11.1 Å². The molecule has 0 heterocycles. The van der Waals surface area contributed by atoms with Gasteiger partial charge >= 0.3 is 41.3 Å². The Labute approximate surface area is 237 Å². The van der Waals surface area contributed by atoms with E-state index in [-0.39, 0.29) is 23.2 Å². The van der Waals surface area contributed by atoms with Gasteiger partial charge in [-0.1, -0.05) is 93.0 Å². The maximum Gasteiger partial charge on any atom is -0.0632 e. The van der Waals surface area contributed by atoms with E-state index < -0.39 is 0 Å². The second-order valence-electron chi connectivity index (χ2n) is 12.1. The van der Waals surface area contributed by atoms with E-state index in [4.69, 9.17) is 0 Å². The van der Waals surface area contributed by atoms with E-state index in [1.54, 1.807) is 24.2 Å². The molecule has 1 aliphatic rings. The second kappa shape index (κ2) is 12.4. The maximum absolute atomic E-state index is 3.67. The molecule has 0 N–H and O–H groups in total. The fourth-order valence-electron chi connectivity index (χ4n) is 4.16. The first-order valence-corrected chi connectivity index (χ1v) is 13.7. The molecule has 0 fully saturated rings. The summed E-state index contributed by atoms with van der Waals surface area (Å²) in [5, 5.41) is 0. The Morgan fingerprint density at radius 1 is 0.800 bits per heavy atom. The Morgan fingerprint density at radius 2 is 1.29 bits per heavy atom. The van der Waals surface area contributed by atoms with Crippen LogP contribution in [0.1, 0.15) is 99.9 Å². The zero-order valence-electron chi connectivity index (χ0n) is 24.0.